The molecule has 5 amide bonds. The van der Waals surface area contributed by atoms with Crippen LogP contribution in [0.3, 0.4) is 0 Å². The first kappa shape index (κ1) is 39.6. The second-order valence-electron chi connectivity index (χ2n) is 15.5. The van der Waals surface area contributed by atoms with Gasteiger partial charge in [-0.25, -0.2) is 13.2 Å². The number of fused-ring (bicyclic) bond motifs is 1. The standard InChI is InChI=1S/C39H52N8O7S/c1-24(2)47-31-18-12-17-29(43-37(41)51)33(31)44-38(47)54-27-22-32(34(40)48)46(23-27)36(50)30(42-26-14-9-7-10-15-26)16-11-6-4-5-8-13-25-21-28(25)35(49)45-55(52,53)39(3)19-20-39/h7-10,12-15,17-18,24-25,27-28,30,32,42H,4-6,11,16,19-23H2,1-3H3,(H2,40,48)(H,45,49)(H3,41,43,51)/b13-8-/t25-,27-,28+,30+,32+/m1/s1. The minimum absolute atomic E-state index is 0.0478. The summed E-state index contributed by atoms with van der Waals surface area (Å²) >= 11 is 0. The van der Waals surface area contributed by atoms with Crippen molar-refractivity contribution in [2.75, 3.05) is 17.2 Å². The number of sulfonamides is 1. The fourth-order valence-corrected chi connectivity index (χ4v) is 8.52. The van der Waals surface area contributed by atoms with Crippen molar-refractivity contribution < 1.29 is 32.3 Å². The van der Waals surface area contributed by atoms with E-state index in [2.05, 4.69) is 15.4 Å². The first-order valence-electron chi connectivity index (χ1n) is 19.1. The molecule has 3 aromatic rings. The number of ether oxygens (including phenoxy) is 1. The fourth-order valence-electron chi connectivity index (χ4n) is 7.21. The molecule has 2 aliphatic carbocycles. The van der Waals surface area contributed by atoms with Crippen molar-refractivity contribution in [3.63, 3.8) is 0 Å². The number of urea groups is 1. The third-order valence-electron chi connectivity index (χ3n) is 10.8. The van der Waals surface area contributed by atoms with Gasteiger partial charge in [-0.2, -0.15) is 4.98 Å². The first-order chi connectivity index (χ1) is 26.2. The Hall–Kier alpha value is -5.12. The average molecular weight is 777 g/mol. The summed E-state index contributed by atoms with van der Waals surface area (Å²) in [6.45, 7) is 5.75. The van der Waals surface area contributed by atoms with Crippen LogP contribution in [0.5, 0.6) is 6.01 Å². The normalized spacial score (nSPS) is 22.1. The maximum atomic E-state index is 14.3. The quantitative estimate of drug-likeness (QED) is 0.0901. The number of hydrogen-bond acceptors (Lipinski definition) is 9. The molecule has 6 rings (SSSR count). The summed E-state index contributed by atoms with van der Waals surface area (Å²) in [4.78, 5) is 57.3. The molecule has 3 fully saturated rings. The molecule has 0 spiro atoms. The first-order valence-corrected chi connectivity index (χ1v) is 20.5. The third kappa shape index (κ3) is 9.23. The van der Waals surface area contributed by atoms with Crippen molar-refractivity contribution in [3.8, 4) is 6.01 Å². The van der Waals surface area contributed by atoms with E-state index in [1.54, 1.807) is 19.1 Å². The Kier molecular flexibility index (Phi) is 11.7. The van der Waals surface area contributed by atoms with Crippen LogP contribution in [-0.2, 0) is 24.4 Å². The predicted octanol–water partition coefficient (Wildman–Crippen LogP) is 4.56. The van der Waals surface area contributed by atoms with Crippen LogP contribution >= 0.6 is 0 Å². The van der Waals surface area contributed by atoms with Gasteiger partial charge in [0.25, 0.3) is 6.01 Å². The zero-order valence-electron chi connectivity index (χ0n) is 31.6. The van der Waals surface area contributed by atoms with Gasteiger partial charge in [0.15, 0.2) is 0 Å². The summed E-state index contributed by atoms with van der Waals surface area (Å²) < 4.78 is 34.6. The van der Waals surface area contributed by atoms with Crippen molar-refractivity contribution in [2.24, 2.45) is 23.3 Å². The third-order valence-corrected chi connectivity index (χ3v) is 13.0. The van der Waals surface area contributed by atoms with E-state index in [0.717, 1.165) is 36.9 Å². The Morgan fingerprint density at radius 1 is 1.02 bits per heavy atom. The van der Waals surface area contributed by atoms with Crippen LogP contribution in [0.4, 0.5) is 16.2 Å². The van der Waals surface area contributed by atoms with Crippen molar-refractivity contribution >= 4 is 56.2 Å². The molecule has 7 N–H and O–H groups in total. The van der Waals surface area contributed by atoms with Crippen LogP contribution in [-0.4, -0.2) is 76.1 Å². The van der Waals surface area contributed by atoms with E-state index in [1.165, 1.54) is 4.90 Å². The van der Waals surface area contributed by atoms with Crippen molar-refractivity contribution in [1.82, 2.24) is 19.2 Å². The van der Waals surface area contributed by atoms with E-state index in [-0.39, 0.29) is 42.8 Å². The minimum atomic E-state index is -3.63. The Balaban J connectivity index is 1.06. The molecule has 1 aromatic heterocycles. The monoisotopic (exact) mass is 776 g/mol. The smallest absolute Gasteiger partial charge is 0.316 e. The van der Waals surface area contributed by atoms with Gasteiger partial charge in [-0.15, -0.1) is 0 Å². The lowest BCUT2D eigenvalue weighted by atomic mass is 10.0. The number of carbonyl (C=O) groups is 4. The molecule has 5 atom stereocenters. The maximum absolute atomic E-state index is 14.3. The van der Waals surface area contributed by atoms with Gasteiger partial charge >= 0.3 is 6.03 Å². The molecule has 2 heterocycles. The van der Waals surface area contributed by atoms with E-state index >= 15 is 0 Å². The topological polar surface area (TPSA) is 221 Å². The van der Waals surface area contributed by atoms with Crippen LogP contribution in [0, 0.1) is 11.8 Å². The molecular weight excluding hydrogens is 725 g/mol. The fraction of sp³-hybridized carbons (Fsp3) is 0.513. The number of hydrogen-bond donors (Lipinski definition) is 5. The van der Waals surface area contributed by atoms with Crippen LogP contribution in [0.25, 0.3) is 11.0 Å². The molecule has 2 saturated carbocycles. The number of imidazole rings is 1. The number of primary amides is 2. The van der Waals surface area contributed by atoms with E-state index in [9.17, 15) is 27.6 Å². The van der Waals surface area contributed by atoms with Gasteiger partial charge in [-0.3, -0.25) is 23.7 Å². The zero-order valence-corrected chi connectivity index (χ0v) is 32.4. The van der Waals surface area contributed by atoms with Gasteiger partial charge in [0, 0.05) is 24.1 Å². The summed E-state index contributed by atoms with van der Waals surface area (Å²) in [5.41, 5.74) is 13.7. The van der Waals surface area contributed by atoms with Crippen molar-refractivity contribution in [1.29, 1.82) is 0 Å². The lowest BCUT2D eigenvalue weighted by Gasteiger charge is -2.28. The molecule has 55 heavy (non-hydrogen) atoms. The van der Waals surface area contributed by atoms with E-state index < -0.39 is 50.8 Å². The number of carbonyl (C=O) groups excluding carboxylic acids is 4. The molecule has 0 unspecified atom stereocenters. The molecule has 296 valence electrons. The zero-order chi connectivity index (χ0) is 39.5. The highest BCUT2D eigenvalue weighted by atomic mass is 32.2. The van der Waals surface area contributed by atoms with Crippen molar-refractivity contribution in [2.45, 2.75) is 108 Å². The van der Waals surface area contributed by atoms with E-state index in [4.69, 9.17) is 21.2 Å². The van der Waals surface area contributed by atoms with E-state index in [0.29, 0.717) is 36.9 Å². The lowest BCUT2D eigenvalue weighted by molar-refractivity contribution is -0.138. The number of aromatic nitrogens is 2. The number of anilines is 2. The molecule has 3 aliphatic rings. The largest absolute Gasteiger partial charge is 0.459 e. The lowest BCUT2D eigenvalue weighted by Crippen LogP contribution is -2.49. The second-order valence-corrected chi connectivity index (χ2v) is 17.7. The number of amides is 5. The number of unbranched alkanes of at least 4 members (excludes halogenated alkanes) is 3. The molecule has 15 nitrogen and oxygen atoms in total. The molecule has 16 heteroatoms. The van der Waals surface area contributed by atoms with Gasteiger partial charge in [-0.1, -0.05) is 49.3 Å². The Morgan fingerprint density at radius 3 is 2.44 bits per heavy atom. The SMILES string of the molecule is CC(C)n1c(O[C@@H]2C[C@@H](C(N)=O)N(C(=O)[C@H](CCCCC/C=C\[C@@H]3C[C@@H]3C(=O)NS(=O)(=O)C3(C)CC3)Nc3ccccc3)C2)nc2c(NC(N)=O)cccc21. The summed E-state index contributed by atoms with van der Waals surface area (Å²) in [7, 11) is -3.63. The highest BCUT2D eigenvalue weighted by Gasteiger charge is 2.52. The number of likely N-dealkylation sites (tertiary alicyclic amines) is 1. The summed E-state index contributed by atoms with van der Waals surface area (Å²) in [5.74, 6) is -1.54. The van der Waals surface area contributed by atoms with Crippen LogP contribution < -0.4 is 31.6 Å². The molecule has 1 aliphatic heterocycles. The van der Waals surface area contributed by atoms with Crippen LogP contribution in [0.1, 0.15) is 84.6 Å². The Labute approximate surface area is 321 Å². The molecule has 2 aromatic carbocycles. The Morgan fingerprint density at radius 2 is 1.76 bits per heavy atom. The summed E-state index contributed by atoms with van der Waals surface area (Å²) in [6, 6.07) is 12.8. The molecule has 0 radical (unpaired) electrons. The number of nitrogens with two attached hydrogens (primary N) is 2. The number of nitrogens with zero attached hydrogens (tertiary/aromatic N) is 3. The van der Waals surface area contributed by atoms with Gasteiger partial charge in [0.1, 0.15) is 23.7 Å². The number of nitrogens with one attached hydrogen (secondary N) is 3. The Bertz CT molecular complexity index is 2050. The molecule has 0 bridgehead atoms. The highest BCUT2D eigenvalue weighted by molar-refractivity contribution is 7.91. The van der Waals surface area contributed by atoms with Crippen LogP contribution in [0.2, 0.25) is 0 Å². The molecular formula is C39H52N8O7S. The average Bonchev–Trinajstić information content (AvgIpc) is 4.00. The second kappa shape index (κ2) is 16.3. The van der Waals surface area contributed by atoms with Crippen molar-refractivity contribution in [3.05, 3.63) is 60.7 Å². The number of allylic oxidation sites excluding steroid dienone is 2. The maximum Gasteiger partial charge on any atom is 0.316 e. The summed E-state index contributed by atoms with van der Waals surface area (Å²) in [6.07, 6.45) is 9.23. The van der Waals surface area contributed by atoms with Gasteiger partial charge in [0.05, 0.1) is 22.5 Å². The number of rotatable bonds is 18. The highest BCUT2D eigenvalue weighted by Crippen LogP contribution is 2.44. The number of benzene rings is 2. The molecule has 1 saturated heterocycles. The van der Waals surface area contributed by atoms with Crippen LogP contribution in [0.15, 0.2) is 60.7 Å². The van der Waals surface area contributed by atoms with E-state index in [1.807, 2.05) is 67.0 Å². The van der Waals surface area contributed by atoms with Gasteiger partial charge in [0.2, 0.25) is 27.7 Å². The predicted molar refractivity (Wildman–Crippen MR) is 209 cm³/mol. The van der Waals surface area contributed by atoms with Gasteiger partial charge < -0.3 is 31.7 Å². The number of para-hydroxylation sites is 2. The minimum Gasteiger partial charge on any atom is -0.459 e. The summed E-state index contributed by atoms with van der Waals surface area (Å²) in [5, 5.41) is 5.98. The van der Waals surface area contributed by atoms with Gasteiger partial charge in [-0.05, 0) is 89.5 Å².